The van der Waals surface area contributed by atoms with Crippen molar-refractivity contribution in [2.45, 2.75) is 32.2 Å². The summed E-state index contributed by atoms with van der Waals surface area (Å²) in [5.41, 5.74) is 1.67. The summed E-state index contributed by atoms with van der Waals surface area (Å²) in [5, 5.41) is 14.1. The predicted octanol–water partition coefficient (Wildman–Crippen LogP) is 3.63. The number of anilines is 1. The van der Waals surface area contributed by atoms with E-state index in [1.165, 1.54) is 6.42 Å². The lowest BCUT2D eigenvalue weighted by molar-refractivity contribution is -0.385. The van der Waals surface area contributed by atoms with Crippen LogP contribution in [0.5, 0.6) is 0 Å². The van der Waals surface area contributed by atoms with Gasteiger partial charge < -0.3 is 5.32 Å². The summed E-state index contributed by atoms with van der Waals surface area (Å²) in [6, 6.07) is 3.87. The lowest BCUT2D eigenvalue weighted by atomic mass is 9.93. The van der Waals surface area contributed by atoms with E-state index in [4.69, 9.17) is 0 Å². The summed E-state index contributed by atoms with van der Waals surface area (Å²) < 4.78 is 0.891. The highest BCUT2D eigenvalue weighted by Gasteiger charge is 2.20. The van der Waals surface area contributed by atoms with Gasteiger partial charge in [0.15, 0.2) is 0 Å². The summed E-state index contributed by atoms with van der Waals surface area (Å²) in [6.45, 7) is 1.75. The van der Waals surface area contributed by atoms with Crippen molar-refractivity contribution in [3.05, 3.63) is 32.3 Å². The van der Waals surface area contributed by atoms with Gasteiger partial charge in [0, 0.05) is 22.1 Å². The quantitative estimate of drug-likeness (QED) is 0.681. The molecule has 0 radical (unpaired) electrons. The molecule has 1 aliphatic rings. The topological polar surface area (TPSA) is 55.2 Å². The summed E-state index contributed by atoms with van der Waals surface area (Å²) in [7, 11) is 0. The Morgan fingerprint density at radius 1 is 1.50 bits per heavy atom. The number of benzene rings is 1. The molecule has 16 heavy (non-hydrogen) atoms. The third-order valence-corrected chi connectivity index (χ3v) is 3.60. The average Bonchev–Trinajstić information content (AvgIpc) is 2.13. The molecular weight excluding hydrogens is 272 g/mol. The van der Waals surface area contributed by atoms with E-state index in [9.17, 15) is 10.1 Å². The van der Waals surface area contributed by atoms with Gasteiger partial charge in [-0.05, 0) is 48.2 Å². The Bertz CT molecular complexity index is 430. The first-order valence-corrected chi connectivity index (χ1v) is 6.08. The van der Waals surface area contributed by atoms with Crippen molar-refractivity contribution in [2.75, 3.05) is 5.32 Å². The van der Waals surface area contributed by atoms with Crippen LogP contribution in [0.2, 0.25) is 0 Å². The minimum absolute atomic E-state index is 0.171. The normalized spacial score (nSPS) is 15.6. The molecule has 0 heterocycles. The largest absolute Gasteiger partial charge is 0.381 e. The minimum atomic E-state index is -0.340. The van der Waals surface area contributed by atoms with E-state index in [2.05, 4.69) is 21.2 Å². The third-order valence-electron chi connectivity index (χ3n) is 2.95. The molecule has 1 aromatic rings. The fourth-order valence-corrected chi connectivity index (χ4v) is 2.31. The molecule has 0 spiro atoms. The SMILES string of the molecule is Cc1cc(Br)c(NC2CCC2)cc1[N+](=O)[O-]. The molecule has 1 N–H and O–H groups in total. The van der Waals surface area contributed by atoms with E-state index in [1.54, 1.807) is 19.1 Å². The van der Waals surface area contributed by atoms with Gasteiger partial charge in [-0.15, -0.1) is 0 Å². The van der Waals surface area contributed by atoms with E-state index in [1.807, 2.05) is 0 Å². The van der Waals surface area contributed by atoms with Crippen LogP contribution >= 0.6 is 15.9 Å². The highest BCUT2D eigenvalue weighted by Crippen LogP contribution is 2.33. The number of nitro groups is 1. The number of hydrogen-bond acceptors (Lipinski definition) is 3. The van der Waals surface area contributed by atoms with Gasteiger partial charge in [0.05, 0.1) is 10.6 Å². The predicted molar refractivity (Wildman–Crippen MR) is 66.8 cm³/mol. The molecule has 1 aromatic carbocycles. The van der Waals surface area contributed by atoms with E-state index in [0.717, 1.165) is 23.0 Å². The van der Waals surface area contributed by atoms with Crippen LogP contribution in [0, 0.1) is 17.0 Å². The van der Waals surface area contributed by atoms with Crippen molar-refractivity contribution in [3.8, 4) is 0 Å². The van der Waals surface area contributed by atoms with Gasteiger partial charge >= 0.3 is 0 Å². The molecule has 0 amide bonds. The standard InChI is InChI=1S/C11H13BrN2O2/c1-7-5-9(12)10(6-11(7)14(15)16)13-8-3-2-4-8/h5-6,8,13H,2-4H2,1H3. The van der Waals surface area contributed by atoms with Crippen LogP contribution in [-0.4, -0.2) is 11.0 Å². The fourth-order valence-electron chi connectivity index (χ4n) is 1.74. The Labute approximate surface area is 102 Å². The van der Waals surface area contributed by atoms with Gasteiger partial charge in [-0.1, -0.05) is 0 Å². The lowest BCUT2D eigenvalue weighted by Crippen LogP contribution is -2.27. The molecule has 0 unspecified atom stereocenters. The van der Waals surface area contributed by atoms with Gasteiger partial charge in [-0.25, -0.2) is 0 Å². The van der Waals surface area contributed by atoms with Gasteiger partial charge in [0.1, 0.15) is 0 Å². The number of nitro benzene ring substituents is 1. The van der Waals surface area contributed by atoms with E-state index in [0.29, 0.717) is 11.6 Å². The molecule has 2 rings (SSSR count). The Balaban J connectivity index is 2.28. The number of aryl methyl sites for hydroxylation is 1. The highest BCUT2D eigenvalue weighted by atomic mass is 79.9. The summed E-state index contributed by atoms with van der Waals surface area (Å²) in [4.78, 5) is 10.5. The lowest BCUT2D eigenvalue weighted by Gasteiger charge is -2.28. The minimum Gasteiger partial charge on any atom is -0.381 e. The fraction of sp³-hybridized carbons (Fsp3) is 0.455. The van der Waals surface area contributed by atoms with Gasteiger partial charge in [-0.2, -0.15) is 0 Å². The van der Waals surface area contributed by atoms with E-state index < -0.39 is 0 Å². The van der Waals surface area contributed by atoms with Crippen molar-refractivity contribution in [2.24, 2.45) is 0 Å². The summed E-state index contributed by atoms with van der Waals surface area (Å²) in [5.74, 6) is 0. The maximum absolute atomic E-state index is 10.8. The monoisotopic (exact) mass is 284 g/mol. The second-order valence-corrected chi connectivity index (χ2v) is 5.00. The number of hydrogen-bond donors (Lipinski definition) is 1. The van der Waals surface area contributed by atoms with Crippen molar-refractivity contribution in [1.82, 2.24) is 0 Å². The number of nitrogens with zero attached hydrogens (tertiary/aromatic N) is 1. The van der Waals surface area contributed by atoms with Gasteiger partial charge in [-0.3, -0.25) is 10.1 Å². The summed E-state index contributed by atoms with van der Waals surface area (Å²) in [6.07, 6.45) is 3.53. The van der Waals surface area contributed by atoms with Crippen LogP contribution in [-0.2, 0) is 0 Å². The van der Waals surface area contributed by atoms with Crippen LogP contribution < -0.4 is 5.32 Å². The number of halogens is 1. The van der Waals surface area contributed by atoms with Gasteiger partial charge in [0.25, 0.3) is 5.69 Å². The van der Waals surface area contributed by atoms with Crippen LogP contribution in [0.25, 0.3) is 0 Å². The first-order chi connectivity index (χ1) is 7.58. The second-order valence-electron chi connectivity index (χ2n) is 4.15. The zero-order valence-corrected chi connectivity index (χ0v) is 10.6. The first kappa shape index (κ1) is 11.4. The molecule has 86 valence electrons. The molecular formula is C11H13BrN2O2. The highest BCUT2D eigenvalue weighted by molar-refractivity contribution is 9.10. The van der Waals surface area contributed by atoms with E-state index in [-0.39, 0.29) is 10.6 Å². The number of nitrogens with one attached hydrogen (secondary N) is 1. The maximum atomic E-state index is 10.8. The van der Waals surface area contributed by atoms with Crippen LogP contribution in [0.1, 0.15) is 24.8 Å². The number of rotatable bonds is 3. The average molecular weight is 285 g/mol. The van der Waals surface area contributed by atoms with E-state index >= 15 is 0 Å². The maximum Gasteiger partial charge on any atom is 0.274 e. The molecule has 0 aliphatic heterocycles. The van der Waals surface area contributed by atoms with Crippen molar-refractivity contribution in [3.63, 3.8) is 0 Å². The Morgan fingerprint density at radius 3 is 2.69 bits per heavy atom. The third kappa shape index (κ3) is 2.19. The van der Waals surface area contributed by atoms with Crippen LogP contribution in [0.4, 0.5) is 11.4 Å². The molecule has 0 atom stereocenters. The van der Waals surface area contributed by atoms with Gasteiger partial charge in [0.2, 0.25) is 0 Å². The molecule has 1 saturated carbocycles. The Hall–Kier alpha value is -1.10. The zero-order valence-electron chi connectivity index (χ0n) is 9.00. The molecule has 1 aliphatic carbocycles. The first-order valence-electron chi connectivity index (χ1n) is 5.29. The zero-order chi connectivity index (χ0) is 11.7. The Morgan fingerprint density at radius 2 is 2.19 bits per heavy atom. The molecule has 0 saturated heterocycles. The molecule has 5 heteroatoms. The van der Waals surface area contributed by atoms with Crippen molar-refractivity contribution >= 4 is 27.3 Å². The molecule has 1 fully saturated rings. The van der Waals surface area contributed by atoms with Crippen molar-refractivity contribution in [1.29, 1.82) is 0 Å². The van der Waals surface area contributed by atoms with Crippen molar-refractivity contribution < 1.29 is 4.92 Å². The molecule has 4 nitrogen and oxygen atoms in total. The molecule has 0 bridgehead atoms. The molecule has 0 aromatic heterocycles. The smallest absolute Gasteiger partial charge is 0.274 e. The Kier molecular flexibility index (Phi) is 3.14. The van der Waals surface area contributed by atoms with Crippen LogP contribution in [0.15, 0.2) is 16.6 Å². The second kappa shape index (κ2) is 4.41. The van der Waals surface area contributed by atoms with Crippen LogP contribution in [0.3, 0.4) is 0 Å². The summed E-state index contributed by atoms with van der Waals surface area (Å²) >= 11 is 3.43.